The number of benzene rings is 2. The molecule has 204 valence electrons. The Hall–Kier alpha value is -4.54. The van der Waals surface area contributed by atoms with Crippen molar-refractivity contribution in [2.24, 2.45) is 5.41 Å². The SMILES string of the molecule is CCCCCCOc1ccc2cc(C(=O)CC(CCn3nnc4ccccc4c3=O)(C(=O)O)C(=O)O)oc2c1. The van der Waals surface area contributed by atoms with Crippen molar-refractivity contribution in [3.05, 3.63) is 64.6 Å². The molecule has 0 saturated carbocycles. The monoisotopic (exact) mass is 535 g/mol. The van der Waals surface area contributed by atoms with Crippen LogP contribution < -0.4 is 10.3 Å². The number of carbonyl (C=O) groups excluding carboxylic acids is 1. The van der Waals surface area contributed by atoms with Crippen LogP contribution in [0.25, 0.3) is 21.9 Å². The lowest BCUT2D eigenvalue weighted by Gasteiger charge is -2.23. The van der Waals surface area contributed by atoms with E-state index in [0.717, 1.165) is 30.4 Å². The minimum absolute atomic E-state index is 0.167. The number of hydrogen-bond acceptors (Lipinski definition) is 8. The van der Waals surface area contributed by atoms with Crippen molar-refractivity contribution in [1.29, 1.82) is 0 Å². The summed E-state index contributed by atoms with van der Waals surface area (Å²) in [6.07, 6.45) is 2.77. The number of ether oxygens (including phenoxy) is 1. The molecule has 2 heterocycles. The first-order valence-electron chi connectivity index (χ1n) is 12.7. The zero-order valence-corrected chi connectivity index (χ0v) is 21.5. The number of carbonyl (C=O) groups is 3. The minimum Gasteiger partial charge on any atom is -0.493 e. The minimum atomic E-state index is -2.52. The smallest absolute Gasteiger partial charge is 0.321 e. The first-order chi connectivity index (χ1) is 18.7. The first-order valence-corrected chi connectivity index (χ1v) is 12.7. The molecule has 0 amide bonds. The molecule has 11 heteroatoms. The highest BCUT2D eigenvalue weighted by Crippen LogP contribution is 2.32. The first kappa shape index (κ1) is 27.5. The standard InChI is InChI=1S/C28H29N3O8/c1-2-3-4-7-14-38-19-11-10-18-15-24(39-23(18)16-19)22(32)17-28(26(34)35,27(36)37)12-13-31-25(33)20-8-5-6-9-21(20)29-30-31/h5-6,8-11,15-16H,2-4,7,12-14,17H2,1H3,(H,34,35)(H,36,37). The largest absolute Gasteiger partial charge is 0.493 e. The summed E-state index contributed by atoms with van der Waals surface area (Å²) >= 11 is 0. The Bertz CT molecular complexity index is 1560. The Kier molecular flexibility index (Phi) is 8.38. The Morgan fingerprint density at radius 1 is 1.03 bits per heavy atom. The third kappa shape index (κ3) is 5.97. The van der Waals surface area contributed by atoms with Crippen LogP contribution >= 0.6 is 0 Å². The normalized spacial score (nSPS) is 11.6. The molecule has 4 aromatic rings. The van der Waals surface area contributed by atoms with E-state index in [-0.39, 0.29) is 17.7 Å². The van der Waals surface area contributed by atoms with Crippen molar-refractivity contribution in [3.8, 4) is 5.75 Å². The number of rotatable bonds is 14. The number of unbranched alkanes of at least 4 members (excludes halogenated alkanes) is 3. The van der Waals surface area contributed by atoms with Gasteiger partial charge in [0.15, 0.2) is 17.0 Å². The van der Waals surface area contributed by atoms with Gasteiger partial charge < -0.3 is 19.4 Å². The molecule has 2 aromatic carbocycles. The number of aryl methyl sites for hydroxylation is 1. The van der Waals surface area contributed by atoms with Gasteiger partial charge in [-0.1, -0.05) is 43.5 Å². The molecule has 0 bridgehead atoms. The number of aromatic nitrogens is 3. The van der Waals surface area contributed by atoms with Crippen LogP contribution in [0.5, 0.6) is 5.75 Å². The maximum Gasteiger partial charge on any atom is 0.321 e. The molecule has 0 aliphatic rings. The Morgan fingerprint density at radius 2 is 1.79 bits per heavy atom. The second-order valence-electron chi connectivity index (χ2n) is 9.40. The molecule has 0 fully saturated rings. The third-order valence-electron chi connectivity index (χ3n) is 6.69. The van der Waals surface area contributed by atoms with Gasteiger partial charge in [-0.3, -0.25) is 19.2 Å². The fourth-order valence-corrected chi connectivity index (χ4v) is 4.33. The van der Waals surface area contributed by atoms with Gasteiger partial charge in [-0.25, -0.2) is 4.68 Å². The number of fused-ring (bicyclic) bond motifs is 2. The molecule has 0 radical (unpaired) electrons. The van der Waals surface area contributed by atoms with Crippen LogP contribution in [0.4, 0.5) is 0 Å². The second-order valence-corrected chi connectivity index (χ2v) is 9.40. The van der Waals surface area contributed by atoms with E-state index < -0.39 is 41.5 Å². The summed E-state index contributed by atoms with van der Waals surface area (Å²) in [7, 11) is 0. The lowest BCUT2D eigenvalue weighted by molar-refractivity contribution is -0.165. The predicted molar refractivity (Wildman–Crippen MR) is 141 cm³/mol. The molecule has 2 N–H and O–H groups in total. The average molecular weight is 536 g/mol. The molecule has 2 aromatic heterocycles. The maximum absolute atomic E-state index is 13.1. The topological polar surface area (TPSA) is 162 Å². The van der Waals surface area contributed by atoms with Gasteiger partial charge in [0.05, 0.1) is 12.0 Å². The number of hydrogen-bond donors (Lipinski definition) is 2. The van der Waals surface area contributed by atoms with Gasteiger partial charge >= 0.3 is 11.9 Å². The zero-order valence-electron chi connectivity index (χ0n) is 21.5. The Labute approximate surface area is 223 Å². The quantitative estimate of drug-likeness (QED) is 0.135. The van der Waals surface area contributed by atoms with Gasteiger partial charge in [0, 0.05) is 24.4 Å². The van der Waals surface area contributed by atoms with Gasteiger partial charge in [0.25, 0.3) is 5.56 Å². The van der Waals surface area contributed by atoms with Crippen LogP contribution in [0.3, 0.4) is 0 Å². The number of Topliss-reactive ketones (excluding diaryl/α,β-unsaturated/α-hetero) is 1. The number of furan rings is 1. The molecular weight excluding hydrogens is 506 g/mol. The number of aliphatic carboxylic acids is 2. The predicted octanol–water partition coefficient (Wildman–Crippen LogP) is 4.32. The highest BCUT2D eigenvalue weighted by Gasteiger charge is 2.48. The number of ketones is 1. The van der Waals surface area contributed by atoms with E-state index in [0.29, 0.717) is 28.8 Å². The van der Waals surface area contributed by atoms with Crippen molar-refractivity contribution >= 4 is 39.6 Å². The number of carboxylic acids is 2. The summed E-state index contributed by atoms with van der Waals surface area (Å²) in [5.41, 5.74) is -2.35. The van der Waals surface area contributed by atoms with Crippen molar-refractivity contribution in [1.82, 2.24) is 15.0 Å². The fraction of sp³-hybridized carbons (Fsp3) is 0.357. The molecule has 0 aliphatic heterocycles. The number of nitrogens with zero attached hydrogens (tertiary/aromatic N) is 3. The summed E-state index contributed by atoms with van der Waals surface area (Å²) in [6, 6.07) is 13.0. The summed E-state index contributed by atoms with van der Waals surface area (Å²) in [5.74, 6) is -3.81. The van der Waals surface area contributed by atoms with E-state index in [1.807, 2.05) is 0 Å². The highest BCUT2D eigenvalue weighted by molar-refractivity contribution is 6.06. The lowest BCUT2D eigenvalue weighted by Crippen LogP contribution is -2.43. The van der Waals surface area contributed by atoms with E-state index in [1.165, 1.54) is 6.07 Å². The molecule has 39 heavy (non-hydrogen) atoms. The summed E-state index contributed by atoms with van der Waals surface area (Å²) < 4.78 is 12.3. The number of carboxylic acid groups (broad SMARTS) is 2. The average Bonchev–Trinajstić information content (AvgIpc) is 3.35. The van der Waals surface area contributed by atoms with Gasteiger partial charge in [0.1, 0.15) is 16.8 Å². The van der Waals surface area contributed by atoms with Crippen LogP contribution in [0.2, 0.25) is 0 Å². The van der Waals surface area contributed by atoms with Crippen molar-refractivity contribution in [2.45, 2.75) is 52.0 Å². The van der Waals surface area contributed by atoms with E-state index in [2.05, 4.69) is 17.2 Å². The molecule has 4 rings (SSSR count). The molecule has 0 unspecified atom stereocenters. The molecule has 0 saturated heterocycles. The second kappa shape index (κ2) is 11.9. The molecular formula is C28H29N3O8. The van der Waals surface area contributed by atoms with Gasteiger partial charge in [-0.2, -0.15) is 0 Å². The van der Waals surface area contributed by atoms with Gasteiger partial charge in [0.2, 0.25) is 0 Å². The Morgan fingerprint density at radius 3 is 2.54 bits per heavy atom. The zero-order chi connectivity index (χ0) is 28.0. The molecule has 0 spiro atoms. The van der Waals surface area contributed by atoms with Crippen molar-refractivity contribution in [2.75, 3.05) is 6.61 Å². The summed E-state index contributed by atoms with van der Waals surface area (Å²) in [6.45, 7) is 2.30. The summed E-state index contributed by atoms with van der Waals surface area (Å²) in [5, 5.41) is 28.4. The van der Waals surface area contributed by atoms with E-state index in [9.17, 15) is 29.4 Å². The third-order valence-corrected chi connectivity index (χ3v) is 6.69. The van der Waals surface area contributed by atoms with Crippen LogP contribution in [0, 0.1) is 5.41 Å². The van der Waals surface area contributed by atoms with E-state index >= 15 is 0 Å². The van der Waals surface area contributed by atoms with Gasteiger partial charge in [-0.05, 0) is 43.2 Å². The fourth-order valence-electron chi connectivity index (χ4n) is 4.33. The molecule has 0 atom stereocenters. The van der Waals surface area contributed by atoms with Gasteiger partial charge in [-0.15, -0.1) is 5.10 Å². The van der Waals surface area contributed by atoms with Crippen LogP contribution in [-0.4, -0.2) is 49.5 Å². The van der Waals surface area contributed by atoms with Crippen molar-refractivity contribution < 1.29 is 33.8 Å². The molecule has 11 nitrogen and oxygen atoms in total. The van der Waals surface area contributed by atoms with E-state index in [4.69, 9.17) is 9.15 Å². The lowest BCUT2D eigenvalue weighted by atomic mass is 9.79. The van der Waals surface area contributed by atoms with Crippen molar-refractivity contribution in [3.63, 3.8) is 0 Å². The van der Waals surface area contributed by atoms with E-state index in [1.54, 1.807) is 42.5 Å². The highest BCUT2D eigenvalue weighted by atomic mass is 16.5. The van der Waals surface area contributed by atoms with Crippen LogP contribution in [0.1, 0.15) is 56.0 Å². The van der Waals surface area contributed by atoms with Crippen LogP contribution in [0.15, 0.2) is 57.7 Å². The molecule has 0 aliphatic carbocycles. The maximum atomic E-state index is 13.1. The van der Waals surface area contributed by atoms with Crippen LogP contribution in [-0.2, 0) is 16.1 Å². The Balaban J connectivity index is 1.52. The summed E-state index contributed by atoms with van der Waals surface area (Å²) in [4.78, 5) is 50.3.